The van der Waals surface area contributed by atoms with E-state index in [0.29, 0.717) is 23.7 Å². The summed E-state index contributed by atoms with van der Waals surface area (Å²) in [6, 6.07) is 6.84. The van der Waals surface area contributed by atoms with Crippen LogP contribution in [-0.4, -0.2) is 30.6 Å². The molecule has 0 aliphatic heterocycles. The van der Waals surface area contributed by atoms with Gasteiger partial charge in [0.2, 0.25) is 0 Å². The highest BCUT2D eigenvalue weighted by atomic mass is 19.1. The summed E-state index contributed by atoms with van der Waals surface area (Å²) < 4.78 is 13.7. The molecule has 1 atom stereocenters. The van der Waals surface area contributed by atoms with Crippen LogP contribution < -0.4 is 5.32 Å². The molecule has 1 N–H and O–H groups in total. The van der Waals surface area contributed by atoms with E-state index in [0.717, 1.165) is 19.6 Å². The van der Waals surface area contributed by atoms with Gasteiger partial charge in [-0.3, -0.25) is 0 Å². The maximum atomic E-state index is 13.7. The van der Waals surface area contributed by atoms with Gasteiger partial charge in [-0.25, -0.2) is 4.39 Å². The molecule has 0 saturated carbocycles. The van der Waals surface area contributed by atoms with Crippen LogP contribution in [0.25, 0.3) is 0 Å². The Morgan fingerprint density at radius 1 is 1.37 bits per heavy atom. The molecule has 0 amide bonds. The quantitative estimate of drug-likeness (QED) is 0.821. The second-order valence-corrected chi connectivity index (χ2v) is 4.69. The average molecular weight is 263 g/mol. The number of hydrogen-bond donors (Lipinski definition) is 1. The first-order valence-electron chi connectivity index (χ1n) is 6.74. The molecule has 1 unspecified atom stereocenters. The zero-order chi connectivity index (χ0) is 14.3. The van der Waals surface area contributed by atoms with E-state index in [-0.39, 0.29) is 5.82 Å². The first-order valence-corrected chi connectivity index (χ1v) is 6.74. The average Bonchev–Trinajstić information content (AvgIpc) is 2.43. The summed E-state index contributed by atoms with van der Waals surface area (Å²) in [6.45, 7) is 9.85. The zero-order valence-corrected chi connectivity index (χ0v) is 11.9. The second kappa shape index (κ2) is 7.88. The van der Waals surface area contributed by atoms with Crippen molar-refractivity contribution in [2.75, 3.05) is 19.6 Å². The van der Waals surface area contributed by atoms with E-state index in [2.05, 4.69) is 31.0 Å². The Balaban J connectivity index is 2.50. The molecule has 104 valence electrons. The Labute approximate surface area is 115 Å². The fourth-order valence-electron chi connectivity index (χ4n) is 1.98. The van der Waals surface area contributed by atoms with Crippen LogP contribution in [0.3, 0.4) is 0 Å². The topological polar surface area (TPSA) is 39.1 Å². The normalized spacial score (nSPS) is 12.4. The van der Waals surface area contributed by atoms with Crippen molar-refractivity contribution in [1.82, 2.24) is 10.2 Å². The van der Waals surface area contributed by atoms with Gasteiger partial charge in [-0.2, -0.15) is 5.26 Å². The number of benzene rings is 1. The summed E-state index contributed by atoms with van der Waals surface area (Å²) in [4.78, 5) is 2.33. The van der Waals surface area contributed by atoms with Crippen LogP contribution in [0.1, 0.15) is 31.9 Å². The lowest BCUT2D eigenvalue weighted by molar-refractivity contribution is 0.270. The van der Waals surface area contributed by atoms with Crippen LogP contribution in [0.4, 0.5) is 4.39 Å². The fourth-order valence-corrected chi connectivity index (χ4v) is 1.98. The van der Waals surface area contributed by atoms with E-state index in [1.54, 1.807) is 12.1 Å². The standard InChI is InChI=1S/C15H22FN3/c1-4-19(5-2)11-12(3)18-10-14-7-6-13(9-17)8-15(14)16/h6-8,12,18H,4-5,10-11H2,1-3H3. The number of rotatable bonds is 7. The lowest BCUT2D eigenvalue weighted by Crippen LogP contribution is -2.38. The molecule has 0 aliphatic rings. The summed E-state index contributed by atoms with van der Waals surface area (Å²) in [5, 5.41) is 12.0. The Morgan fingerprint density at radius 3 is 2.58 bits per heavy atom. The first-order chi connectivity index (χ1) is 9.10. The van der Waals surface area contributed by atoms with Gasteiger partial charge in [0, 0.05) is 24.7 Å². The third-order valence-corrected chi connectivity index (χ3v) is 3.25. The monoisotopic (exact) mass is 263 g/mol. The van der Waals surface area contributed by atoms with Crippen molar-refractivity contribution in [2.24, 2.45) is 0 Å². The summed E-state index contributed by atoms with van der Waals surface area (Å²) in [5.41, 5.74) is 0.961. The van der Waals surface area contributed by atoms with E-state index in [4.69, 9.17) is 5.26 Å². The first kappa shape index (κ1) is 15.6. The van der Waals surface area contributed by atoms with Crippen molar-refractivity contribution in [1.29, 1.82) is 5.26 Å². The number of nitrogens with one attached hydrogen (secondary N) is 1. The maximum Gasteiger partial charge on any atom is 0.129 e. The van der Waals surface area contributed by atoms with Gasteiger partial charge in [-0.1, -0.05) is 19.9 Å². The molecule has 0 bridgehead atoms. The lowest BCUT2D eigenvalue weighted by Gasteiger charge is -2.23. The largest absolute Gasteiger partial charge is 0.309 e. The van der Waals surface area contributed by atoms with Crippen molar-refractivity contribution in [3.8, 4) is 6.07 Å². The molecule has 0 heterocycles. The molecular formula is C15H22FN3. The molecule has 1 aromatic carbocycles. The highest BCUT2D eigenvalue weighted by molar-refractivity contribution is 5.32. The molecule has 4 heteroatoms. The Morgan fingerprint density at radius 2 is 2.05 bits per heavy atom. The van der Waals surface area contributed by atoms with E-state index in [1.165, 1.54) is 6.07 Å². The van der Waals surface area contributed by atoms with Crippen LogP contribution in [0, 0.1) is 17.1 Å². The van der Waals surface area contributed by atoms with Gasteiger partial charge >= 0.3 is 0 Å². The minimum Gasteiger partial charge on any atom is -0.309 e. The molecule has 0 aromatic heterocycles. The van der Waals surface area contributed by atoms with Gasteiger partial charge in [0.15, 0.2) is 0 Å². The van der Waals surface area contributed by atoms with Gasteiger partial charge in [0.05, 0.1) is 11.6 Å². The summed E-state index contributed by atoms with van der Waals surface area (Å²) >= 11 is 0. The minimum absolute atomic E-state index is 0.301. The number of likely N-dealkylation sites (N-methyl/N-ethyl adjacent to an activating group) is 1. The van der Waals surface area contributed by atoms with Gasteiger partial charge in [-0.05, 0) is 32.1 Å². The van der Waals surface area contributed by atoms with Gasteiger partial charge in [0.1, 0.15) is 5.82 Å². The zero-order valence-electron chi connectivity index (χ0n) is 11.9. The predicted molar refractivity (Wildman–Crippen MR) is 75.2 cm³/mol. The number of hydrogen-bond acceptors (Lipinski definition) is 3. The van der Waals surface area contributed by atoms with Gasteiger partial charge in [-0.15, -0.1) is 0 Å². The number of nitriles is 1. The van der Waals surface area contributed by atoms with Crippen molar-refractivity contribution >= 4 is 0 Å². The van der Waals surface area contributed by atoms with E-state index in [9.17, 15) is 4.39 Å². The van der Waals surface area contributed by atoms with Crippen LogP contribution in [0.5, 0.6) is 0 Å². The summed E-state index contributed by atoms with van der Waals surface area (Å²) in [5.74, 6) is -0.318. The molecular weight excluding hydrogens is 241 g/mol. The summed E-state index contributed by atoms with van der Waals surface area (Å²) in [6.07, 6.45) is 0. The van der Waals surface area contributed by atoms with E-state index < -0.39 is 0 Å². The molecule has 0 saturated heterocycles. The predicted octanol–water partition coefficient (Wildman–Crippen LogP) is 2.52. The highest BCUT2D eigenvalue weighted by Gasteiger charge is 2.08. The Hall–Kier alpha value is -1.44. The molecule has 3 nitrogen and oxygen atoms in total. The molecule has 0 radical (unpaired) electrons. The van der Waals surface area contributed by atoms with Crippen LogP contribution in [0.15, 0.2) is 18.2 Å². The molecule has 1 aromatic rings. The van der Waals surface area contributed by atoms with Crippen LogP contribution in [-0.2, 0) is 6.54 Å². The molecule has 0 spiro atoms. The van der Waals surface area contributed by atoms with E-state index >= 15 is 0 Å². The number of nitrogens with zero attached hydrogens (tertiary/aromatic N) is 2. The van der Waals surface area contributed by atoms with Crippen molar-refractivity contribution in [3.63, 3.8) is 0 Å². The number of halogens is 1. The molecule has 0 aliphatic carbocycles. The molecule has 19 heavy (non-hydrogen) atoms. The second-order valence-electron chi connectivity index (χ2n) is 4.69. The van der Waals surface area contributed by atoms with Crippen LogP contribution in [0.2, 0.25) is 0 Å². The minimum atomic E-state index is -0.318. The lowest BCUT2D eigenvalue weighted by atomic mass is 10.1. The van der Waals surface area contributed by atoms with Crippen molar-refractivity contribution < 1.29 is 4.39 Å². The summed E-state index contributed by atoms with van der Waals surface area (Å²) in [7, 11) is 0. The van der Waals surface area contributed by atoms with Gasteiger partial charge < -0.3 is 10.2 Å². The van der Waals surface area contributed by atoms with Gasteiger partial charge in [0.25, 0.3) is 0 Å². The van der Waals surface area contributed by atoms with Crippen LogP contribution >= 0.6 is 0 Å². The fraction of sp³-hybridized carbons (Fsp3) is 0.533. The third-order valence-electron chi connectivity index (χ3n) is 3.25. The molecule has 0 fully saturated rings. The molecule has 1 rings (SSSR count). The highest BCUT2D eigenvalue weighted by Crippen LogP contribution is 2.10. The third kappa shape index (κ3) is 4.98. The van der Waals surface area contributed by atoms with Crippen molar-refractivity contribution in [3.05, 3.63) is 35.1 Å². The SMILES string of the molecule is CCN(CC)CC(C)NCc1ccc(C#N)cc1F. The van der Waals surface area contributed by atoms with Crippen molar-refractivity contribution in [2.45, 2.75) is 33.4 Å². The Bertz CT molecular complexity index is 436. The maximum absolute atomic E-state index is 13.7. The smallest absolute Gasteiger partial charge is 0.129 e. The van der Waals surface area contributed by atoms with E-state index in [1.807, 2.05) is 6.07 Å². The Kier molecular flexibility index (Phi) is 6.48.